The molecule has 0 saturated heterocycles. The predicted molar refractivity (Wildman–Crippen MR) is 88.7 cm³/mol. The lowest BCUT2D eigenvalue weighted by atomic mass is 10.2. The highest BCUT2D eigenvalue weighted by Gasteiger charge is 2.19. The highest BCUT2D eigenvalue weighted by atomic mass is 32.2. The average molecular weight is 331 g/mol. The number of benzene rings is 1. The molecule has 0 aliphatic heterocycles. The Hall–Kier alpha value is -2.41. The number of nitrogens with one attached hydrogen (secondary N) is 1. The summed E-state index contributed by atoms with van der Waals surface area (Å²) in [5, 5.41) is 12.1. The van der Waals surface area contributed by atoms with E-state index in [1.165, 1.54) is 30.2 Å². The van der Waals surface area contributed by atoms with Gasteiger partial charge in [-0.15, -0.1) is 0 Å². The molecule has 2 rings (SSSR count). The number of carbonyl (C=O) groups excluding carboxylic acids is 1. The Morgan fingerprint density at radius 1 is 1.26 bits per heavy atom. The van der Waals surface area contributed by atoms with Crippen molar-refractivity contribution in [1.82, 2.24) is 9.97 Å². The van der Waals surface area contributed by atoms with Gasteiger partial charge in [0, 0.05) is 11.4 Å². The van der Waals surface area contributed by atoms with Gasteiger partial charge in [0.1, 0.15) is 11.4 Å². The number of carboxylic acids is 1. The van der Waals surface area contributed by atoms with Crippen molar-refractivity contribution in [3.8, 4) is 0 Å². The maximum Gasteiger partial charge on any atom is 0.335 e. The van der Waals surface area contributed by atoms with Gasteiger partial charge in [0.25, 0.3) is 0 Å². The molecule has 1 amide bonds. The number of rotatable bonds is 6. The van der Waals surface area contributed by atoms with Gasteiger partial charge in [-0.25, -0.2) is 14.8 Å². The normalized spacial score (nSPS) is 11.7. The van der Waals surface area contributed by atoms with Crippen LogP contribution >= 0.6 is 11.8 Å². The molecule has 1 heterocycles. The van der Waals surface area contributed by atoms with Crippen molar-refractivity contribution in [1.29, 1.82) is 0 Å². The van der Waals surface area contributed by atoms with Crippen molar-refractivity contribution < 1.29 is 14.7 Å². The predicted octanol–water partition coefficient (Wildman–Crippen LogP) is 2.99. The zero-order valence-electron chi connectivity index (χ0n) is 12.8. The summed E-state index contributed by atoms with van der Waals surface area (Å²) in [6, 6.07) is 7.91. The van der Waals surface area contributed by atoms with Crippen LogP contribution in [-0.2, 0) is 4.79 Å². The maximum atomic E-state index is 12.4. The molecule has 0 aliphatic rings. The van der Waals surface area contributed by atoms with Crippen molar-refractivity contribution in [3.05, 3.63) is 47.9 Å². The van der Waals surface area contributed by atoms with Crippen LogP contribution < -0.4 is 5.32 Å². The summed E-state index contributed by atoms with van der Waals surface area (Å²) in [7, 11) is 0. The second-order valence-electron chi connectivity index (χ2n) is 4.88. The summed E-state index contributed by atoms with van der Waals surface area (Å²) in [6.45, 7) is 3.80. The molecular weight excluding hydrogens is 314 g/mol. The van der Waals surface area contributed by atoms with E-state index < -0.39 is 5.97 Å². The molecule has 1 unspecified atom stereocenters. The lowest BCUT2D eigenvalue weighted by molar-refractivity contribution is -0.115. The third-order valence-corrected chi connectivity index (χ3v) is 4.40. The number of nitrogens with zero attached hydrogens (tertiary/aromatic N) is 2. The molecule has 0 saturated carbocycles. The Balaban J connectivity index is 2.03. The number of aromatic carboxylic acids is 1. The zero-order valence-corrected chi connectivity index (χ0v) is 13.6. The van der Waals surface area contributed by atoms with Crippen LogP contribution in [0.3, 0.4) is 0 Å². The number of anilines is 1. The first-order chi connectivity index (χ1) is 11.0. The number of aryl methyl sites for hydroxylation is 1. The van der Waals surface area contributed by atoms with Gasteiger partial charge in [0.05, 0.1) is 10.8 Å². The maximum absolute atomic E-state index is 12.4. The molecule has 1 aromatic carbocycles. The number of carbonyl (C=O) groups is 2. The summed E-state index contributed by atoms with van der Waals surface area (Å²) in [6.07, 6.45) is 2.12. The van der Waals surface area contributed by atoms with Crippen LogP contribution in [0.4, 0.5) is 5.69 Å². The smallest absolute Gasteiger partial charge is 0.335 e. The van der Waals surface area contributed by atoms with Crippen LogP contribution in [0.1, 0.15) is 29.4 Å². The van der Waals surface area contributed by atoms with Gasteiger partial charge < -0.3 is 10.4 Å². The van der Waals surface area contributed by atoms with Crippen LogP contribution in [-0.4, -0.2) is 32.2 Å². The highest BCUT2D eigenvalue weighted by Crippen LogP contribution is 2.25. The van der Waals surface area contributed by atoms with E-state index in [9.17, 15) is 9.59 Å². The molecule has 23 heavy (non-hydrogen) atoms. The summed E-state index contributed by atoms with van der Waals surface area (Å²) >= 11 is 1.38. The van der Waals surface area contributed by atoms with Gasteiger partial charge in [0.15, 0.2) is 0 Å². The number of carboxylic acid groups (broad SMARTS) is 1. The monoisotopic (exact) mass is 331 g/mol. The number of hydrogen-bond donors (Lipinski definition) is 2. The summed E-state index contributed by atoms with van der Waals surface area (Å²) in [5.74, 6) is -1.14. The number of aromatic nitrogens is 2. The Labute approximate surface area is 138 Å². The first-order valence-corrected chi connectivity index (χ1v) is 7.97. The topological polar surface area (TPSA) is 92.2 Å². The van der Waals surface area contributed by atoms with Crippen LogP contribution in [0.15, 0.2) is 41.7 Å². The van der Waals surface area contributed by atoms with Crippen molar-refractivity contribution >= 4 is 29.3 Å². The van der Waals surface area contributed by atoms with E-state index in [0.717, 1.165) is 10.7 Å². The van der Waals surface area contributed by atoms with Crippen molar-refractivity contribution in [2.45, 2.75) is 30.5 Å². The van der Waals surface area contributed by atoms with Crippen LogP contribution in [0.2, 0.25) is 0 Å². The lowest BCUT2D eigenvalue weighted by Gasteiger charge is -2.14. The molecule has 1 atom stereocenters. The van der Waals surface area contributed by atoms with Crippen molar-refractivity contribution in [2.75, 3.05) is 5.32 Å². The summed E-state index contributed by atoms with van der Waals surface area (Å²) in [5.41, 5.74) is 1.60. The molecule has 1 aromatic heterocycles. The van der Waals surface area contributed by atoms with Crippen molar-refractivity contribution in [3.63, 3.8) is 0 Å². The molecule has 2 aromatic rings. The van der Waals surface area contributed by atoms with Crippen LogP contribution in [0.25, 0.3) is 0 Å². The van der Waals surface area contributed by atoms with E-state index in [1.807, 2.05) is 19.9 Å². The third kappa shape index (κ3) is 4.79. The van der Waals surface area contributed by atoms with E-state index in [1.54, 1.807) is 12.1 Å². The molecule has 0 spiro atoms. The number of amides is 1. The van der Waals surface area contributed by atoms with E-state index in [4.69, 9.17) is 5.11 Å². The third-order valence-electron chi connectivity index (χ3n) is 3.10. The van der Waals surface area contributed by atoms with Gasteiger partial charge in [-0.2, -0.15) is 0 Å². The highest BCUT2D eigenvalue weighted by molar-refractivity contribution is 8.00. The quantitative estimate of drug-likeness (QED) is 0.624. The molecule has 0 aliphatic carbocycles. The summed E-state index contributed by atoms with van der Waals surface area (Å²) in [4.78, 5) is 31.4. The first-order valence-electron chi connectivity index (χ1n) is 7.09. The molecule has 0 radical (unpaired) electrons. The Morgan fingerprint density at radius 2 is 1.96 bits per heavy atom. The summed E-state index contributed by atoms with van der Waals surface area (Å²) < 4.78 is 0. The molecule has 7 heteroatoms. The fourth-order valence-corrected chi connectivity index (χ4v) is 2.85. The van der Waals surface area contributed by atoms with E-state index in [0.29, 0.717) is 12.1 Å². The average Bonchev–Trinajstić information content (AvgIpc) is 2.53. The fraction of sp³-hybridized carbons (Fsp3) is 0.250. The minimum Gasteiger partial charge on any atom is -0.478 e. The lowest BCUT2D eigenvalue weighted by Crippen LogP contribution is -2.24. The molecule has 6 nitrogen and oxygen atoms in total. The van der Waals surface area contributed by atoms with E-state index >= 15 is 0 Å². The minimum atomic E-state index is -0.996. The largest absolute Gasteiger partial charge is 0.478 e. The van der Waals surface area contributed by atoms with Gasteiger partial charge in [-0.05, 0) is 43.7 Å². The Bertz CT molecular complexity index is 704. The molecule has 0 bridgehead atoms. The van der Waals surface area contributed by atoms with E-state index in [-0.39, 0.29) is 16.7 Å². The molecule has 2 N–H and O–H groups in total. The molecule has 0 fully saturated rings. The molecule has 120 valence electrons. The van der Waals surface area contributed by atoms with Gasteiger partial charge in [-0.3, -0.25) is 4.79 Å². The van der Waals surface area contributed by atoms with E-state index in [2.05, 4.69) is 15.3 Å². The number of thioether (sulfide) groups is 1. The second-order valence-corrected chi connectivity index (χ2v) is 6.11. The number of hydrogen-bond acceptors (Lipinski definition) is 5. The van der Waals surface area contributed by atoms with Crippen LogP contribution in [0, 0.1) is 6.92 Å². The van der Waals surface area contributed by atoms with Gasteiger partial charge in [-0.1, -0.05) is 18.7 Å². The fourth-order valence-electron chi connectivity index (χ4n) is 1.88. The standard InChI is InChI=1S/C16H17N3O3S/c1-3-13(23-14-8-10(2)17-9-18-14)15(20)19-12-6-4-11(5-7-12)16(21)22/h4-9,13H,3H2,1-2H3,(H,19,20)(H,21,22). The zero-order chi connectivity index (χ0) is 16.8. The Morgan fingerprint density at radius 3 is 2.52 bits per heavy atom. The van der Waals surface area contributed by atoms with Crippen LogP contribution in [0.5, 0.6) is 0 Å². The van der Waals surface area contributed by atoms with Gasteiger partial charge in [0.2, 0.25) is 5.91 Å². The minimum absolute atomic E-state index is 0.142. The first kappa shape index (κ1) is 17.0. The second kappa shape index (κ2) is 7.73. The molecular formula is C16H17N3O3S. The Kier molecular flexibility index (Phi) is 5.70. The SMILES string of the molecule is CCC(Sc1cc(C)ncn1)C(=O)Nc1ccc(C(=O)O)cc1. The van der Waals surface area contributed by atoms with Crippen molar-refractivity contribution in [2.24, 2.45) is 0 Å². The van der Waals surface area contributed by atoms with Gasteiger partial charge >= 0.3 is 5.97 Å².